The molecule has 3 rings (SSSR count). The predicted octanol–water partition coefficient (Wildman–Crippen LogP) is 1.84. The fourth-order valence-electron chi connectivity index (χ4n) is 2.19. The third-order valence-corrected chi connectivity index (χ3v) is 3.12. The van der Waals surface area contributed by atoms with Crippen molar-refractivity contribution in [1.29, 1.82) is 0 Å². The van der Waals surface area contributed by atoms with Crippen LogP contribution in [0.1, 0.15) is 11.8 Å². The summed E-state index contributed by atoms with van der Waals surface area (Å²) < 4.78 is 10.9. The lowest BCUT2D eigenvalue weighted by atomic mass is 10.2. The van der Waals surface area contributed by atoms with Crippen LogP contribution in [0.5, 0.6) is 5.75 Å². The Morgan fingerprint density at radius 3 is 3.06 bits per heavy atom. The van der Waals surface area contributed by atoms with Gasteiger partial charge in [0.2, 0.25) is 0 Å². The van der Waals surface area contributed by atoms with Gasteiger partial charge in [-0.3, -0.25) is 0 Å². The zero-order valence-corrected chi connectivity index (χ0v) is 9.82. The van der Waals surface area contributed by atoms with E-state index in [1.807, 2.05) is 12.1 Å². The van der Waals surface area contributed by atoms with Crippen molar-refractivity contribution in [1.82, 2.24) is 10.3 Å². The van der Waals surface area contributed by atoms with Crippen LogP contribution in [0.25, 0.3) is 10.9 Å². The van der Waals surface area contributed by atoms with Gasteiger partial charge in [0, 0.05) is 35.8 Å². The van der Waals surface area contributed by atoms with Crippen LogP contribution >= 0.6 is 0 Å². The third-order valence-electron chi connectivity index (χ3n) is 3.12. The van der Waals surface area contributed by atoms with Crippen molar-refractivity contribution in [3.8, 4) is 5.75 Å². The van der Waals surface area contributed by atoms with Crippen LogP contribution in [0.3, 0.4) is 0 Å². The van der Waals surface area contributed by atoms with E-state index in [1.165, 1.54) is 5.39 Å². The molecule has 1 aromatic heterocycles. The Bertz CT molecular complexity index is 515. The van der Waals surface area contributed by atoms with Gasteiger partial charge < -0.3 is 19.8 Å². The molecule has 1 aliphatic rings. The Morgan fingerprint density at radius 1 is 1.35 bits per heavy atom. The quantitative estimate of drug-likeness (QED) is 0.830. The Morgan fingerprint density at radius 2 is 2.29 bits per heavy atom. The van der Waals surface area contributed by atoms with Gasteiger partial charge in [0.15, 0.2) is 0 Å². The third kappa shape index (κ3) is 2.01. The van der Waals surface area contributed by atoms with Crippen LogP contribution in [-0.2, 0) is 4.74 Å². The smallest absolute Gasteiger partial charge is 0.120 e. The molecule has 1 aliphatic heterocycles. The summed E-state index contributed by atoms with van der Waals surface area (Å²) in [7, 11) is 1.68. The Hall–Kier alpha value is -1.52. The van der Waals surface area contributed by atoms with Crippen molar-refractivity contribution in [3.05, 3.63) is 30.0 Å². The average Bonchev–Trinajstić information content (AvgIpc) is 2.82. The van der Waals surface area contributed by atoms with E-state index in [9.17, 15) is 0 Å². The topological polar surface area (TPSA) is 46.3 Å². The zero-order chi connectivity index (χ0) is 11.7. The van der Waals surface area contributed by atoms with Gasteiger partial charge in [-0.15, -0.1) is 0 Å². The molecule has 2 heterocycles. The van der Waals surface area contributed by atoms with E-state index in [1.54, 1.807) is 7.11 Å². The lowest BCUT2D eigenvalue weighted by molar-refractivity contribution is 0.0255. The first-order valence-electron chi connectivity index (χ1n) is 5.86. The van der Waals surface area contributed by atoms with E-state index in [2.05, 4.69) is 22.4 Å². The Labute approximate surface area is 99.9 Å². The number of H-pyrrole nitrogens is 1. The molecule has 0 saturated carbocycles. The number of hydrogen-bond acceptors (Lipinski definition) is 3. The van der Waals surface area contributed by atoms with Crippen LogP contribution in [0.15, 0.2) is 24.3 Å². The highest BCUT2D eigenvalue weighted by atomic mass is 16.5. The van der Waals surface area contributed by atoms with E-state index in [4.69, 9.17) is 9.47 Å². The maximum atomic E-state index is 5.73. The van der Waals surface area contributed by atoms with E-state index in [0.29, 0.717) is 0 Å². The van der Waals surface area contributed by atoms with Gasteiger partial charge in [-0.05, 0) is 18.2 Å². The molecule has 4 nitrogen and oxygen atoms in total. The summed E-state index contributed by atoms with van der Waals surface area (Å²) in [4.78, 5) is 3.40. The van der Waals surface area contributed by atoms with Crippen molar-refractivity contribution in [2.24, 2.45) is 0 Å². The zero-order valence-electron chi connectivity index (χ0n) is 9.82. The molecule has 1 aromatic carbocycles. The molecular weight excluding hydrogens is 216 g/mol. The Balaban J connectivity index is 1.95. The second kappa shape index (κ2) is 4.39. The molecule has 1 fully saturated rings. The number of hydrogen-bond donors (Lipinski definition) is 2. The molecule has 0 radical (unpaired) electrons. The van der Waals surface area contributed by atoms with Crippen molar-refractivity contribution < 1.29 is 9.47 Å². The maximum Gasteiger partial charge on any atom is 0.120 e. The first kappa shape index (κ1) is 10.6. The average molecular weight is 232 g/mol. The summed E-state index contributed by atoms with van der Waals surface area (Å²) in [5, 5.41) is 4.52. The van der Waals surface area contributed by atoms with Crippen molar-refractivity contribution in [2.75, 3.05) is 26.8 Å². The molecule has 0 amide bonds. The number of ether oxygens (including phenoxy) is 2. The molecule has 1 unspecified atom stereocenters. The molecule has 17 heavy (non-hydrogen) atoms. The first-order valence-corrected chi connectivity index (χ1v) is 5.86. The van der Waals surface area contributed by atoms with Gasteiger partial charge in [0.25, 0.3) is 0 Å². The number of methoxy groups -OCH3 is 1. The van der Waals surface area contributed by atoms with Gasteiger partial charge in [-0.25, -0.2) is 0 Å². The summed E-state index contributed by atoms with van der Waals surface area (Å²) in [6.45, 7) is 2.57. The highest BCUT2D eigenvalue weighted by molar-refractivity contribution is 5.82. The van der Waals surface area contributed by atoms with Crippen LogP contribution in [0.4, 0.5) is 0 Å². The van der Waals surface area contributed by atoms with Crippen molar-refractivity contribution >= 4 is 10.9 Å². The summed E-state index contributed by atoms with van der Waals surface area (Å²) in [6, 6.07) is 8.19. The predicted molar refractivity (Wildman–Crippen MR) is 66.4 cm³/mol. The molecular formula is C13H16N2O2. The normalized spacial score (nSPS) is 20.6. The number of benzene rings is 1. The van der Waals surface area contributed by atoms with Gasteiger partial charge >= 0.3 is 0 Å². The Kier molecular flexibility index (Phi) is 2.74. The lowest BCUT2D eigenvalue weighted by Gasteiger charge is -2.22. The minimum Gasteiger partial charge on any atom is -0.497 e. The van der Waals surface area contributed by atoms with Crippen LogP contribution in [0, 0.1) is 0 Å². The summed E-state index contributed by atoms with van der Waals surface area (Å²) in [5.74, 6) is 0.869. The van der Waals surface area contributed by atoms with Crippen LogP contribution < -0.4 is 10.1 Å². The summed E-state index contributed by atoms with van der Waals surface area (Å²) >= 11 is 0. The molecule has 90 valence electrons. The van der Waals surface area contributed by atoms with Gasteiger partial charge in [0.05, 0.1) is 13.7 Å². The van der Waals surface area contributed by atoms with Crippen LogP contribution in [0.2, 0.25) is 0 Å². The standard InChI is InChI=1S/C13H16N2O2/c1-16-10-3-2-9-6-12(15-11(9)7-10)13-8-14-4-5-17-13/h2-3,6-7,13-15H,4-5,8H2,1H3. The van der Waals surface area contributed by atoms with Gasteiger partial charge in [-0.2, -0.15) is 0 Å². The fraction of sp³-hybridized carbons (Fsp3) is 0.385. The van der Waals surface area contributed by atoms with E-state index in [-0.39, 0.29) is 6.10 Å². The maximum absolute atomic E-state index is 5.73. The minimum atomic E-state index is 0.127. The number of nitrogens with one attached hydrogen (secondary N) is 2. The molecule has 2 N–H and O–H groups in total. The van der Waals surface area contributed by atoms with E-state index < -0.39 is 0 Å². The molecule has 0 aliphatic carbocycles. The number of aromatic nitrogens is 1. The van der Waals surface area contributed by atoms with E-state index in [0.717, 1.165) is 36.7 Å². The molecule has 4 heteroatoms. The van der Waals surface area contributed by atoms with Crippen molar-refractivity contribution in [3.63, 3.8) is 0 Å². The van der Waals surface area contributed by atoms with Crippen LogP contribution in [-0.4, -0.2) is 31.8 Å². The second-order valence-electron chi connectivity index (χ2n) is 4.24. The SMILES string of the molecule is COc1ccc2cc(C3CNCCO3)[nH]c2c1. The minimum absolute atomic E-state index is 0.127. The molecule has 1 atom stereocenters. The largest absolute Gasteiger partial charge is 0.497 e. The molecule has 0 spiro atoms. The highest BCUT2D eigenvalue weighted by Gasteiger charge is 2.17. The summed E-state index contributed by atoms with van der Waals surface area (Å²) in [6.07, 6.45) is 0.127. The molecule has 1 saturated heterocycles. The summed E-state index contributed by atoms with van der Waals surface area (Å²) in [5.41, 5.74) is 2.22. The highest BCUT2D eigenvalue weighted by Crippen LogP contribution is 2.25. The number of rotatable bonds is 2. The second-order valence-corrected chi connectivity index (χ2v) is 4.24. The lowest BCUT2D eigenvalue weighted by Crippen LogP contribution is -2.33. The first-order chi connectivity index (χ1) is 8.36. The van der Waals surface area contributed by atoms with Crippen molar-refractivity contribution in [2.45, 2.75) is 6.10 Å². The van der Waals surface area contributed by atoms with E-state index >= 15 is 0 Å². The van der Waals surface area contributed by atoms with Gasteiger partial charge in [0.1, 0.15) is 11.9 Å². The number of aromatic amines is 1. The number of fused-ring (bicyclic) bond motifs is 1. The molecule has 2 aromatic rings. The number of morpholine rings is 1. The fourth-order valence-corrected chi connectivity index (χ4v) is 2.19. The van der Waals surface area contributed by atoms with Gasteiger partial charge in [-0.1, -0.05) is 0 Å². The molecule has 0 bridgehead atoms. The monoisotopic (exact) mass is 232 g/mol.